The van der Waals surface area contributed by atoms with Gasteiger partial charge in [0.1, 0.15) is 0 Å². The van der Waals surface area contributed by atoms with Crippen LogP contribution in [0.4, 0.5) is 0 Å². The van der Waals surface area contributed by atoms with Gasteiger partial charge in [-0.3, -0.25) is 0 Å². The minimum Gasteiger partial charge on any atom is -0.0620 e. The Morgan fingerprint density at radius 3 is 1.62 bits per heavy atom. The molecule has 0 unspecified atom stereocenters. The molecule has 1 aromatic carbocycles. The van der Waals surface area contributed by atoms with Gasteiger partial charge in [0.15, 0.2) is 0 Å². The minimum absolute atomic E-state index is 0.509. The quantitative estimate of drug-likeness (QED) is 0.606. The zero-order valence-electron chi connectivity index (χ0n) is 10.9. The Bertz CT molecular complexity index is 396. The molecule has 86 valence electrons. The summed E-state index contributed by atoms with van der Waals surface area (Å²) in [5.74, 6) is 0. The van der Waals surface area contributed by atoms with Crippen LogP contribution in [0.25, 0.3) is 0 Å². The Morgan fingerprint density at radius 1 is 0.812 bits per heavy atom. The lowest BCUT2D eigenvalue weighted by Crippen LogP contribution is -2.61. The van der Waals surface area contributed by atoms with Gasteiger partial charge >= 0.3 is 0 Å². The van der Waals surface area contributed by atoms with Crippen molar-refractivity contribution >= 4 is 0 Å². The highest BCUT2D eigenvalue weighted by atomic mass is 14.7. The molecular formula is C16H22. The summed E-state index contributed by atoms with van der Waals surface area (Å²) in [6.45, 7) is 9.85. The highest BCUT2D eigenvalue weighted by Crippen LogP contribution is 2.72. The first-order valence-corrected chi connectivity index (χ1v) is 6.45. The summed E-state index contributed by atoms with van der Waals surface area (Å²) in [6.07, 6.45) is 3.96. The molecule has 0 amide bonds. The Morgan fingerprint density at radius 2 is 1.25 bits per heavy atom. The monoisotopic (exact) mass is 214 g/mol. The number of benzene rings is 1. The molecule has 0 radical (unpaired) electrons. The lowest BCUT2D eigenvalue weighted by atomic mass is 9.37. The maximum Gasteiger partial charge on any atom is -0.0114 e. The number of rotatable bonds is 0. The van der Waals surface area contributed by atoms with E-state index in [0.717, 1.165) is 0 Å². The summed E-state index contributed by atoms with van der Waals surface area (Å²) in [4.78, 5) is 0. The maximum absolute atomic E-state index is 2.46. The van der Waals surface area contributed by atoms with Gasteiger partial charge in [0.05, 0.1) is 0 Å². The Kier molecular flexibility index (Phi) is 1.77. The van der Waals surface area contributed by atoms with E-state index in [4.69, 9.17) is 0 Å². The van der Waals surface area contributed by atoms with Crippen LogP contribution < -0.4 is 0 Å². The molecule has 0 N–H and O–H groups in total. The van der Waals surface area contributed by atoms with Crippen molar-refractivity contribution in [1.29, 1.82) is 0 Å². The topological polar surface area (TPSA) is 0 Å². The van der Waals surface area contributed by atoms with Gasteiger partial charge in [-0.1, -0.05) is 52.0 Å². The fourth-order valence-electron chi connectivity index (χ4n) is 4.82. The highest BCUT2D eigenvalue weighted by Gasteiger charge is 2.65. The molecule has 0 aromatic heterocycles. The summed E-state index contributed by atoms with van der Waals surface area (Å²) >= 11 is 0. The number of hydrogen-bond acceptors (Lipinski definition) is 0. The molecule has 16 heavy (non-hydrogen) atoms. The van der Waals surface area contributed by atoms with Crippen molar-refractivity contribution in [3.05, 3.63) is 35.4 Å². The molecule has 2 aliphatic rings. The molecule has 1 saturated carbocycles. The molecule has 0 aliphatic heterocycles. The average molecular weight is 214 g/mol. The lowest BCUT2D eigenvalue weighted by Gasteiger charge is -2.67. The molecule has 1 fully saturated rings. The normalized spacial score (nSPS) is 27.5. The molecule has 0 heteroatoms. The summed E-state index contributed by atoms with van der Waals surface area (Å²) in [6, 6.07) is 9.04. The molecule has 1 aromatic rings. The van der Waals surface area contributed by atoms with E-state index < -0.39 is 0 Å². The number of hydrogen-bond donors (Lipinski definition) is 0. The second kappa shape index (κ2) is 2.72. The van der Waals surface area contributed by atoms with E-state index in [1.165, 1.54) is 19.3 Å². The first kappa shape index (κ1) is 10.4. The first-order valence-electron chi connectivity index (χ1n) is 6.45. The molecular weight excluding hydrogens is 192 g/mol. The predicted octanol–water partition coefficient (Wildman–Crippen LogP) is 4.23. The third-order valence-electron chi connectivity index (χ3n) is 5.58. The zero-order chi connectivity index (χ0) is 11.6. The van der Waals surface area contributed by atoms with Gasteiger partial charge in [0.2, 0.25) is 0 Å². The second-order valence-corrected chi connectivity index (χ2v) is 7.15. The van der Waals surface area contributed by atoms with Crippen LogP contribution in [0, 0.1) is 16.2 Å². The van der Waals surface area contributed by atoms with Crippen LogP contribution in [-0.2, 0) is 12.8 Å². The van der Waals surface area contributed by atoms with Crippen molar-refractivity contribution in [3.63, 3.8) is 0 Å². The molecule has 0 saturated heterocycles. The third-order valence-corrected chi connectivity index (χ3v) is 5.58. The van der Waals surface area contributed by atoms with Crippen LogP contribution in [0.2, 0.25) is 0 Å². The SMILES string of the molecule is CC1(C)CC(C)(C)C12Cc1ccccc1C2. The standard InChI is InChI=1S/C16H22/c1-14(2)11-15(3,4)16(14)9-12-7-5-6-8-13(12)10-16/h5-8H,9-11H2,1-4H3. The van der Waals surface area contributed by atoms with Gasteiger partial charge in [-0.05, 0) is 46.6 Å². The third kappa shape index (κ3) is 1.01. The van der Waals surface area contributed by atoms with Crippen molar-refractivity contribution < 1.29 is 0 Å². The van der Waals surface area contributed by atoms with Gasteiger partial charge in [-0.15, -0.1) is 0 Å². The van der Waals surface area contributed by atoms with E-state index in [2.05, 4.69) is 52.0 Å². The average Bonchev–Trinajstić information content (AvgIpc) is 2.58. The van der Waals surface area contributed by atoms with Crippen molar-refractivity contribution in [3.8, 4) is 0 Å². The van der Waals surface area contributed by atoms with Gasteiger partial charge in [-0.25, -0.2) is 0 Å². The Balaban J connectivity index is 2.06. The van der Waals surface area contributed by atoms with Gasteiger partial charge in [0.25, 0.3) is 0 Å². The molecule has 0 nitrogen and oxygen atoms in total. The van der Waals surface area contributed by atoms with Gasteiger partial charge in [0, 0.05) is 0 Å². The van der Waals surface area contributed by atoms with Crippen LogP contribution in [0.3, 0.4) is 0 Å². The van der Waals surface area contributed by atoms with E-state index in [1.807, 2.05) is 0 Å². The summed E-state index contributed by atoms with van der Waals surface area (Å²) < 4.78 is 0. The largest absolute Gasteiger partial charge is 0.0620 e. The number of fused-ring (bicyclic) bond motifs is 1. The van der Waals surface area contributed by atoms with Gasteiger partial charge < -0.3 is 0 Å². The Labute approximate surface area is 99.1 Å². The van der Waals surface area contributed by atoms with Crippen LogP contribution in [-0.4, -0.2) is 0 Å². The van der Waals surface area contributed by atoms with Crippen molar-refractivity contribution in [1.82, 2.24) is 0 Å². The van der Waals surface area contributed by atoms with Crippen molar-refractivity contribution in [2.45, 2.75) is 47.0 Å². The molecule has 0 atom stereocenters. The molecule has 0 bridgehead atoms. The molecule has 2 aliphatic carbocycles. The van der Waals surface area contributed by atoms with Crippen LogP contribution in [0.1, 0.15) is 45.2 Å². The van der Waals surface area contributed by atoms with Crippen LogP contribution >= 0.6 is 0 Å². The van der Waals surface area contributed by atoms with E-state index in [-0.39, 0.29) is 0 Å². The summed E-state index contributed by atoms with van der Waals surface area (Å²) in [7, 11) is 0. The van der Waals surface area contributed by atoms with Crippen LogP contribution in [0.15, 0.2) is 24.3 Å². The summed E-state index contributed by atoms with van der Waals surface area (Å²) in [5.41, 5.74) is 4.74. The maximum atomic E-state index is 2.46. The Hall–Kier alpha value is -0.780. The van der Waals surface area contributed by atoms with E-state index in [0.29, 0.717) is 16.2 Å². The zero-order valence-corrected chi connectivity index (χ0v) is 10.9. The van der Waals surface area contributed by atoms with Gasteiger partial charge in [-0.2, -0.15) is 0 Å². The smallest absolute Gasteiger partial charge is 0.0114 e. The van der Waals surface area contributed by atoms with E-state index in [9.17, 15) is 0 Å². The highest BCUT2D eigenvalue weighted by molar-refractivity contribution is 5.38. The molecule has 3 rings (SSSR count). The van der Waals surface area contributed by atoms with E-state index in [1.54, 1.807) is 11.1 Å². The lowest BCUT2D eigenvalue weighted by molar-refractivity contribution is -0.176. The molecule has 0 heterocycles. The predicted molar refractivity (Wildman–Crippen MR) is 68.5 cm³/mol. The fraction of sp³-hybridized carbons (Fsp3) is 0.625. The second-order valence-electron chi connectivity index (χ2n) is 7.15. The van der Waals surface area contributed by atoms with Crippen molar-refractivity contribution in [2.75, 3.05) is 0 Å². The van der Waals surface area contributed by atoms with Crippen LogP contribution in [0.5, 0.6) is 0 Å². The molecule has 1 spiro atoms. The first-order chi connectivity index (χ1) is 7.38. The minimum atomic E-state index is 0.509. The van der Waals surface area contributed by atoms with Crippen molar-refractivity contribution in [2.24, 2.45) is 16.2 Å². The van der Waals surface area contributed by atoms with E-state index >= 15 is 0 Å². The fourth-order valence-corrected chi connectivity index (χ4v) is 4.82. The summed E-state index contributed by atoms with van der Waals surface area (Å²) in [5, 5.41) is 0.